The topological polar surface area (TPSA) is 20.2 Å². The van der Waals surface area contributed by atoms with Gasteiger partial charge in [-0.3, -0.25) is 0 Å². The molecule has 0 amide bonds. The summed E-state index contributed by atoms with van der Waals surface area (Å²) >= 11 is 0. The molecule has 3 aromatic carbocycles. The molecule has 0 saturated carbocycles. The van der Waals surface area contributed by atoms with Crippen LogP contribution in [0.3, 0.4) is 0 Å². The Morgan fingerprint density at radius 1 is 0.706 bits per heavy atom. The fourth-order valence-corrected chi connectivity index (χ4v) is 4.16. The van der Waals surface area contributed by atoms with Gasteiger partial charge in [-0.15, -0.1) is 0 Å². The Bertz CT molecular complexity index is 1070. The lowest BCUT2D eigenvalue weighted by Gasteiger charge is -2.31. The zero-order valence-electron chi connectivity index (χ0n) is 20.5. The van der Waals surface area contributed by atoms with Crippen LogP contribution < -0.4 is 0 Å². The highest BCUT2D eigenvalue weighted by Crippen LogP contribution is 2.43. The smallest absolute Gasteiger partial charge is 0.376 e. The fraction of sp³-hybridized carbons (Fsp3) is 0.379. The second kappa shape index (κ2) is 10.3. The van der Waals surface area contributed by atoms with E-state index >= 15 is 0 Å². The third-order valence-corrected chi connectivity index (χ3v) is 6.28. The predicted octanol–water partition coefficient (Wildman–Crippen LogP) is 7.35. The summed E-state index contributed by atoms with van der Waals surface area (Å²) in [4.78, 5) is 0. The second-order valence-corrected chi connectivity index (χ2v) is 10.2. The molecule has 0 heterocycles. The number of hydrogen-bond acceptors (Lipinski definition) is 1. The van der Waals surface area contributed by atoms with Crippen molar-refractivity contribution in [1.82, 2.24) is 0 Å². The number of nitrogens with zero attached hydrogens (tertiary/aromatic N) is 1. The number of quaternary nitrogens is 1. The van der Waals surface area contributed by atoms with Crippen LogP contribution >= 0.6 is 0 Å². The predicted molar refractivity (Wildman–Crippen MR) is 133 cm³/mol. The zero-order chi connectivity index (χ0) is 25.0. The molecule has 0 aliphatic heterocycles. The van der Waals surface area contributed by atoms with Crippen molar-refractivity contribution in [3.8, 4) is 22.3 Å². The van der Waals surface area contributed by atoms with Gasteiger partial charge in [0.1, 0.15) is 0 Å². The monoisotopic (exact) mass is 470 g/mol. The van der Waals surface area contributed by atoms with Crippen molar-refractivity contribution in [2.75, 3.05) is 27.7 Å². The van der Waals surface area contributed by atoms with Crippen LogP contribution in [-0.2, 0) is 5.60 Å². The number of aliphatic hydroxyl groups is 1. The number of aryl methyl sites for hydroxylation is 1. The van der Waals surface area contributed by atoms with E-state index < -0.39 is 11.8 Å². The standard InChI is InChI=1S/C29H35F3NO/c1-22-11-13-23(14-12-22)25-9-8-10-26(21-25)24-15-17-27(18-16-24)28(34,29(30,31)32)19-6-5-7-20-33(2,3)4/h8-18,21,34H,5-7,19-20H2,1-4H3/q+1. The molecular weight excluding hydrogens is 435 g/mol. The molecule has 0 fully saturated rings. The zero-order valence-corrected chi connectivity index (χ0v) is 20.5. The Balaban J connectivity index is 1.78. The Morgan fingerprint density at radius 3 is 1.74 bits per heavy atom. The van der Waals surface area contributed by atoms with E-state index in [0.29, 0.717) is 12.8 Å². The van der Waals surface area contributed by atoms with E-state index in [9.17, 15) is 18.3 Å². The third-order valence-electron chi connectivity index (χ3n) is 6.28. The first kappa shape index (κ1) is 26.0. The van der Waals surface area contributed by atoms with Crippen LogP contribution in [0, 0.1) is 6.92 Å². The average molecular weight is 471 g/mol. The molecule has 1 unspecified atom stereocenters. The number of alkyl halides is 3. The molecule has 0 aliphatic carbocycles. The Labute approximate surface area is 201 Å². The van der Waals surface area contributed by atoms with E-state index in [1.807, 2.05) is 31.2 Å². The fourth-order valence-electron chi connectivity index (χ4n) is 4.16. The average Bonchev–Trinajstić information content (AvgIpc) is 2.78. The highest BCUT2D eigenvalue weighted by atomic mass is 19.4. The number of rotatable bonds is 9. The van der Waals surface area contributed by atoms with E-state index in [1.165, 1.54) is 17.7 Å². The van der Waals surface area contributed by atoms with E-state index in [2.05, 4.69) is 45.4 Å². The van der Waals surface area contributed by atoms with Crippen molar-refractivity contribution in [2.24, 2.45) is 0 Å². The van der Waals surface area contributed by atoms with Gasteiger partial charge in [-0.1, -0.05) is 72.3 Å². The van der Waals surface area contributed by atoms with Crippen LogP contribution in [0.1, 0.15) is 36.8 Å². The molecule has 3 aromatic rings. The van der Waals surface area contributed by atoms with Gasteiger partial charge in [-0.05, 0) is 66.5 Å². The van der Waals surface area contributed by atoms with E-state index in [1.54, 1.807) is 12.1 Å². The molecule has 2 nitrogen and oxygen atoms in total. The van der Waals surface area contributed by atoms with Crippen LogP contribution in [-0.4, -0.2) is 43.5 Å². The van der Waals surface area contributed by atoms with Gasteiger partial charge >= 0.3 is 6.18 Å². The number of halogens is 3. The summed E-state index contributed by atoms with van der Waals surface area (Å²) in [5, 5.41) is 10.7. The van der Waals surface area contributed by atoms with E-state index in [-0.39, 0.29) is 12.0 Å². The lowest BCUT2D eigenvalue weighted by molar-refractivity contribution is -0.870. The maximum Gasteiger partial charge on any atom is 0.421 e. The minimum atomic E-state index is -4.74. The Morgan fingerprint density at radius 2 is 1.24 bits per heavy atom. The molecule has 0 bridgehead atoms. The summed E-state index contributed by atoms with van der Waals surface area (Å²) in [5.41, 5.74) is 2.09. The molecule has 5 heteroatoms. The first-order chi connectivity index (χ1) is 15.9. The molecule has 0 spiro atoms. The first-order valence-corrected chi connectivity index (χ1v) is 11.8. The lowest BCUT2D eigenvalue weighted by Crippen LogP contribution is -2.42. The van der Waals surface area contributed by atoms with Crippen molar-refractivity contribution in [3.05, 3.63) is 83.9 Å². The molecular formula is C29H35F3NO+. The van der Waals surface area contributed by atoms with E-state index in [4.69, 9.17) is 0 Å². The molecule has 182 valence electrons. The molecule has 1 N–H and O–H groups in total. The van der Waals surface area contributed by atoms with Gasteiger partial charge in [-0.25, -0.2) is 0 Å². The maximum atomic E-state index is 13.9. The summed E-state index contributed by atoms with van der Waals surface area (Å²) in [6, 6.07) is 22.3. The number of unbranched alkanes of at least 4 members (excludes halogenated alkanes) is 2. The first-order valence-electron chi connectivity index (χ1n) is 11.8. The van der Waals surface area contributed by atoms with Crippen molar-refractivity contribution >= 4 is 0 Å². The number of hydrogen-bond donors (Lipinski definition) is 1. The van der Waals surface area contributed by atoms with Crippen LogP contribution in [0.2, 0.25) is 0 Å². The van der Waals surface area contributed by atoms with Crippen molar-refractivity contribution < 1.29 is 22.8 Å². The van der Waals surface area contributed by atoms with Gasteiger partial charge in [0, 0.05) is 0 Å². The molecule has 34 heavy (non-hydrogen) atoms. The van der Waals surface area contributed by atoms with Crippen molar-refractivity contribution in [2.45, 2.75) is 44.4 Å². The van der Waals surface area contributed by atoms with Gasteiger partial charge in [0.05, 0.1) is 27.7 Å². The summed E-state index contributed by atoms with van der Waals surface area (Å²) in [6.07, 6.45) is -3.28. The normalized spacial score (nSPS) is 14.1. The van der Waals surface area contributed by atoms with Crippen molar-refractivity contribution in [1.29, 1.82) is 0 Å². The van der Waals surface area contributed by atoms with Gasteiger partial charge in [-0.2, -0.15) is 13.2 Å². The molecule has 0 saturated heterocycles. The van der Waals surface area contributed by atoms with Crippen LogP contribution in [0.5, 0.6) is 0 Å². The van der Waals surface area contributed by atoms with Gasteiger partial charge in [0.15, 0.2) is 5.60 Å². The van der Waals surface area contributed by atoms with Gasteiger partial charge in [0.25, 0.3) is 0 Å². The molecule has 0 aromatic heterocycles. The molecule has 3 rings (SSSR count). The minimum Gasteiger partial charge on any atom is -0.376 e. The number of benzene rings is 3. The van der Waals surface area contributed by atoms with Crippen LogP contribution in [0.4, 0.5) is 13.2 Å². The van der Waals surface area contributed by atoms with Crippen LogP contribution in [0.25, 0.3) is 22.3 Å². The summed E-state index contributed by atoms with van der Waals surface area (Å²) in [7, 11) is 6.18. The molecule has 0 aliphatic rings. The molecule has 1 atom stereocenters. The SMILES string of the molecule is Cc1ccc(-c2cccc(-c3ccc(C(O)(CCCCC[N+](C)(C)C)C(F)(F)F)cc3)c2)cc1. The summed E-state index contributed by atoms with van der Waals surface area (Å²) < 4.78 is 42.6. The maximum absolute atomic E-state index is 13.9. The third kappa shape index (κ3) is 6.49. The highest BCUT2D eigenvalue weighted by molar-refractivity contribution is 5.73. The quantitative estimate of drug-likeness (QED) is 0.256. The summed E-state index contributed by atoms with van der Waals surface area (Å²) in [6.45, 7) is 2.93. The second-order valence-electron chi connectivity index (χ2n) is 10.2. The van der Waals surface area contributed by atoms with Gasteiger partial charge in [0.2, 0.25) is 0 Å². The van der Waals surface area contributed by atoms with Crippen LogP contribution in [0.15, 0.2) is 72.8 Å². The van der Waals surface area contributed by atoms with Gasteiger partial charge < -0.3 is 9.59 Å². The lowest BCUT2D eigenvalue weighted by atomic mass is 9.86. The summed E-state index contributed by atoms with van der Waals surface area (Å²) in [5.74, 6) is 0. The Kier molecular flexibility index (Phi) is 7.89. The molecule has 0 radical (unpaired) electrons. The minimum absolute atomic E-state index is 0.106. The van der Waals surface area contributed by atoms with Crippen molar-refractivity contribution in [3.63, 3.8) is 0 Å². The largest absolute Gasteiger partial charge is 0.421 e. The highest BCUT2D eigenvalue weighted by Gasteiger charge is 2.54. The van der Waals surface area contributed by atoms with E-state index in [0.717, 1.165) is 39.7 Å². The Hall–Kier alpha value is -2.63.